The van der Waals surface area contributed by atoms with Crippen molar-refractivity contribution < 1.29 is 4.79 Å². The van der Waals surface area contributed by atoms with Gasteiger partial charge in [-0.3, -0.25) is 4.79 Å². The van der Waals surface area contributed by atoms with Crippen molar-refractivity contribution in [1.82, 2.24) is 0 Å². The third-order valence-corrected chi connectivity index (χ3v) is 4.54. The van der Waals surface area contributed by atoms with Gasteiger partial charge in [-0.25, -0.2) is 0 Å². The van der Waals surface area contributed by atoms with Crippen molar-refractivity contribution in [1.29, 1.82) is 0 Å². The van der Waals surface area contributed by atoms with E-state index in [2.05, 4.69) is 12.1 Å². The molecule has 0 aliphatic heterocycles. The molecule has 0 radical (unpaired) electrons. The fourth-order valence-corrected chi connectivity index (χ4v) is 3.17. The monoisotopic (exact) mass is 319 g/mol. The van der Waals surface area contributed by atoms with Gasteiger partial charge >= 0.3 is 0 Å². The van der Waals surface area contributed by atoms with E-state index in [1.165, 1.54) is 11.8 Å². The second kappa shape index (κ2) is 7.16. The van der Waals surface area contributed by atoms with Gasteiger partial charge in [0.1, 0.15) is 0 Å². The van der Waals surface area contributed by atoms with Crippen LogP contribution in [0.25, 0.3) is 11.1 Å². The lowest BCUT2D eigenvalue weighted by Crippen LogP contribution is -2.02. The maximum atomic E-state index is 12.3. The molecule has 3 rings (SSSR count). The molecule has 0 atom stereocenters. The average Bonchev–Trinajstić information content (AvgIpc) is 2.61. The molecule has 0 saturated carbocycles. The summed E-state index contributed by atoms with van der Waals surface area (Å²) in [5, 5.41) is 0. The highest BCUT2D eigenvalue weighted by molar-refractivity contribution is 8.00. The zero-order chi connectivity index (χ0) is 16.1. The molecule has 3 aromatic rings. The van der Waals surface area contributed by atoms with Crippen LogP contribution in [0.4, 0.5) is 5.69 Å². The van der Waals surface area contributed by atoms with Crippen LogP contribution in [0, 0.1) is 0 Å². The Bertz CT molecular complexity index is 797. The number of benzene rings is 3. The molecule has 0 heterocycles. The molecule has 0 aromatic heterocycles. The minimum Gasteiger partial charge on any atom is -0.399 e. The van der Waals surface area contributed by atoms with E-state index in [-0.39, 0.29) is 5.78 Å². The summed E-state index contributed by atoms with van der Waals surface area (Å²) < 4.78 is 0. The maximum Gasteiger partial charge on any atom is 0.173 e. The molecule has 23 heavy (non-hydrogen) atoms. The van der Waals surface area contributed by atoms with Gasteiger partial charge in [0, 0.05) is 16.1 Å². The summed E-state index contributed by atoms with van der Waals surface area (Å²) in [6, 6.07) is 25.5. The lowest BCUT2D eigenvalue weighted by Gasteiger charge is -2.05. The number of thioether (sulfide) groups is 1. The SMILES string of the molecule is Nc1cccc(SCC(=O)c2ccc(-c3ccccc3)cc2)c1. The maximum absolute atomic E-state index is 12.3. The van der Waals surface area contributed by atoms with Crippen LogP contribution in [0.15, 0.2) is 83.8 Å². The standard InChI is InChI=1S/C20H17NOS/c21-18-7-4-8-19(13-18)23-14-20(22)17-11-9-16(10-12-17)15-5-2-1-3-6-15/h1-13H,14,21H2. The molecular weight excluding hydrogens is 302 g/mol. The Morgan fingerprint density at radius 1 is 0.826 bits per heavy atom. The molecule has 0 fully saturated rings. The van der Waals surface area contributed by atoms with Gasteiger partial charge in [-0.05, 0) is 29.3 Å². The Kier molecular flexibility index (Phi) is 4.79. The van der Waals surface area contributed by atoms with Crippen molar-refractivity contribution in [3.05, 3.63) is 84.4 Å². The molecule has 3 heteroatoms. The summed E-state index contributed by atoms with van der Waals surface area (Å²) in [5.41, 5.74) is 9.47. The van der Waals surface area contributed by atoms with E-state index in [4.69, 9.17) is 5.73 Å². The second-order valence-electron chi connectivity index (χ2n) is 5.23. The number of rotatable bonds is 5. The molecule has 2 N–H and O–H groups in total. The zero-order valence-corrected chi connectivity index (χ0v) is 13.4. The van der Waals surface area contributed by atoms with Crippen LogP contribution in [0.5, 0.6) is 0 Å². The summed E-state index contributed by atoms with van der Waals surface area (Å²) in [7, 11) is 0. The summed E-state index contributed by atoms with van der Waals surface area (Å²) in [4.78, 5) is 13.3. The van der Waals surface area contributed by atoms with E-state index >= 15 is 0 Å². The topological polar surface area (TPSA) is 43.1 Å². The predicted molar refractivity (Wildman–Crippen MR) is 97.8 cm³/mol. The van der Waals surface area contributed by atoms with Crippen LogP contribution >= 0.6 is 11.8 Å². The van der Waals surface area contributed by atoms with E-state index in [1.807, 2.05) is 66.7 Å². The minimum atomic E-state index is 0.122. The van der Waals surface area contributed by atoms with Crippen molar-refractivity contribution in [2.75, 3.05) is 11.5 Å². The Morgan fingerprint density at radius 3 is 2.22 bits per heavy atom. The lowest BCUT2D eigenvalue weighted by atomic mass is 10.0. The zero-order valence-electron chi connectivity index (χ0n) is 12.6. The molecule has 0 unspecified atom stereocenters. The van der Waals surface area contributed by atoms with Crippen LogP contribution in [-0.4, -0.2) is 11.5 Å². The van der Waals surface area contributed by atoms with Crippen molar-refractivity contribution in [2.45, 2.75) is 4.90 Å². The van der Waals surface area contributed by atoms with Crippen molar-refractivity contribution in [3.8, 4) is 11.1 Å². The number of ketones is 1. The van der Waals surface area contributed by atoms with E-state index in [9.17, 15) is 4.79 Å². The number of hydrogen-bond acceptors (Lipinski definition) is 3. The smallest absolute Gasteiger partial charge is 0.173 e. The number of hydrogen-bond donors (Lipinski definition) is 1. The van der Waals surface area contributed by atoms with Crippen molar-refractivity contribution in [2.24, 2.45) is 0 Å². The number of Topliss-reactive ketones (excluding diaryl/α,β-unsaturated/α-hetero) is 1. The van der Waals surface area contributed by atoms with Gasteiger partial charge < -0.3 is 5.73 Å². The second-order valence-corrected chi connectivity index (χ2v) is 6.28. The molecule has 0 bridgehead atoms. The Hall–Kier alpha value is -2.52. The predicted octanol–water partition coefficient (Wildman–Crippen LogP) is 4.91. The summed E-state index contributed by atoms with van der Waals surface area (Å²) in [6.07, 6.45) is 0. The highest BCUT2D eigenvalue weighted by Gasteiger charge is 2.07. The first-order valence-electron chi connectivity index (χ1n) is 7.39. The Labute approximate surface area is 140 Å². The number of carbonyl (C=O) groups is 1. The minimum absolute atomic E-state index is 0.122. The number of nitrogen functional groups attached to an aromatic ring is 1. The lowest BCUT2D eigenvalue weighted by molar-refractivity contribution is 0.102. The van der Waals surface area contributed by atoms with Gasteiger partial charge in [0.25, 0.3) is 0 Å². The van der Waals surface area contributed by atoms with Crippen LogP contribution in [-0.2, 0) is 0 Å². The highest BCUT2D eigenvalue weighted by Crippen LogP contribution is 2.23. The molecule has 0 amide bonds. The fraction of sp³-hybridized carbons (Fsp3) is 0.0500. The quantitative estimate of drug-likeness (QED) is 0.413. The van der Waals surface area contributed by atoms with Crippen LogP contribution in [0.3, 0.4) is 0 Å². The average molecular weight is 319 g/mol. The van der Waals surface area contributed by atoms with Crippen LogP contribution in [0.1, 0.15) is 10.4 Å². The first kappa shape index (κ1) is 15.4. The molecule has 3 aromatic carbocycles. The molecule has 0 aliphatic rings. The van der Waals surface area contributed by atoms with Crippen molar-refractivity contribution >= 4 is 23.2 Å². The molecular formula is C20H17NOS. The van der Waals surface area contributed by atoms with Crippen LogP contribution in [0.2, 0.25) is 0 Å². The third-order valence-electron chi connectivity index (χ3n) is 3.54. The highest BCUT2D eigenvalue weighted by atomic mass is 32.2. The van der Waals surface area contributed by atoms with Gasteiger partial charge in [-0.2, -0.15) is 0 Å². The molecule has 114 valence electrons. The molecule has 2 nitrogen and oxygen atoms in total. The molecule has 0 spiro atoms. The number of carbonyl (C=O) groups excluding carboxylic acids is 1. The first-order chi connectivity index (χ1) is 11.2. The van der Waals surface area contributed by atoms with Crippen molar-refractivity contribution in [3.63, 3.8) is 0 Å². The van der Waals surface area contributed by atoms with E-state index < -0.39 is 0 Å². The fourth-order valence-electron chi connectivity index (χ4n) is 2.32. The number of anilines is 1. The van der Waals surface area contributed by atoms with E-state index in [0.717, 1.165) is 27.3 Å². The normalized spacial score (nSPS) is 10.4. The number of nitrogens with two attached hydrogens (primary N) is 1. The van der Waals surface area contributed by atoms with E-state index in [0.29, 0.717) is 5.75 Å². The van der Waals surface area contributed by atoms with Gasteiger partial charge in [-0.15, -0.1) is 11.8 Å². The van der Waals surface area contributed by atoms with E-state index in [1.54, 1.807) is 0 Å². The summed E-state index contributed by atoms with van der Waals surface area (Å²) in [5.74, 6) is 0.533. The Balaban J connectivity index is 1.66. The van der Waals surface area contributed by atoms with Crippen LogP contribution < -0.4 is 5.73 Å². The molecule has 0 saturated heterocycles. The summed E-state index contributed by atoms with van der Waals surface area (Å²) >= 11 is 1.51. The van der Waals surface area contributed by atoms with Gasteiger partial charge in [0.2, 0.25) is 0 Å². The molecule has 0 aliphatic carbocycles. The Morgan fingerprint density at radius 2 is 1.52 bits per heavy atom. The first-order valence-corrected chi connectivity index (χ1v) is 8.38. The summed E-state index contributed by atoms with van der Waals surface area (Å²) in [6.45, 7) is 0. The third kappa shape index (κ3) is 4.02. The van der Waals surface area contributed by atoms with Gasteiger partial charge in [0.05, 0.1) is 5.75 Å². The van der Waals surface area contributed by atoms with Gasteiger partial charge in [-0.1, -0.05) is 60.7 Å². The largest absolute Gasteiger partial charge is 0.399 e. The van der Waals surface area contributed by atoms with Gasteiger partial charge in [0.15, 0.2) is 5.78 Å².